The van der Waals surface area contributed by atoms with E-state index in [4.69, 9.17) is 11.5 Å². The summed E-state index contributed by atoms with van der Waals surface area (Å²) < 4.78 is 13.3. The average molecular weight is 330 g/mol. The van der Waals surface area contributed by atoms with Crippen molar-refractivity contribution in [2.75, 3.05) is 6.54 Å². The minimum absolute atomic E-state index is 0.144. The van der Waals surface area contributed by atoms with Crippen molar-refractivity contribution in [1.82, 2.24) is 4.90 Å². The van der Waals surface area contributed by atoms with Crippen LogP contribution in [0.15, 0.2) is 18.2 Å². The predicted molar refractivity (Wildman–Crippen MR) is 75.3 cm³/mol. The van der Waals surface area contributed by atoms with Crippen LogP contribution in [0.25, 0.3) is 0 Å². The number of carbonyl (C=O) groups is 1. The Balaban J connectivity index is 2.38. The molecule has 4 N–H and O–H groups in total. The van der Waals surface area contributed by atoms with Crippen LogP contribution in [0.5, 0.6) is 0 Å². The fourth-order valence-electron chi connectivity index (χ4n) is 2.56. The summed E-state index contributed by atoms with van der Waals surface area (Å²) in [6.07, 6.45) is 1.61. The van der Waals surface area contributed by atoms with Gasteiger partial charge in [-0.3, -0.25) is 0 Å². The van der Waals surface area contributed by atoms with Crippen LogP contribution in [-0.2, 0) is 6.54 Å². The molecule has 1 aromatic rings. The minimum Gasteiger partial charge on any atom is -0.351 e. The molecule has 2 atom stereocenters. The monoisotopic (exact) mass is 329 g/mol. The van der Waals surface area contributed by atoms with Crippen molar-refractivity contribution in [3.05, 3.63) is 35.1 Å². The lowest BCUT2D eigenvalue weighted by Crippen LogP contribution is -2.44. The first-order valence-electron chi connectivity index (χ1n) is 6.21. The Morgan fingerprint density at radius 2 is 2.26 bits per heavy atom. The Morgan fingerprint density at radius 1 is 1.53 bits per heavy atom. The van der Waals surface area contributed by atoms with Crippen molar-refractivity contribution in [1.29, 1.82) is 0 Å². The van der Waals surface area contributed by atoms with E-state index < -0.39 is 6.03 Å². The second-order valence-electron chi connectivity index (χ2n) is 4.72. The van der Waals surface area contributed by atoms with Gasteiger partial charge in [-0.15, -0.1) is 0 Å². The Kier molecular flexibility index (Phi) is 4.42. The van der Waals surface area contributed by atoms with Gasteiger partial charge in [0.2, 0.25) is 0 Å². The van der Waals surface area contributed by atoms with E-state index >= 15 is 0 Å². The molecular formula is C13H17BrFN3O. The zero-order chi connectivity index (χ0) is 14.0. The van der Waals surface area contributed by atoms with Crippen LogP contribution in [0, 0.1) is 5.82 Å². The molecule has 6 heteroatoms. The van der Waals surface area contributed by atoms with Gasteiger partial charge < -0.3 is 16.4 Å². The van der Waals surface area contributed by atoms with E-state index in [1.807, 2.05) is 0 Å². The normalized spacial score (nSPS) is 23.4. The molecule has 2 amide bonds. The van der Waals surface area contributed by atoms with Crippen molar-refractivity contribution >= 4 is 22.0 Å². The highest BCUT2D eigenvalue weighted by atomic mass is 79.9. The minimum atomic E-state index is -0.448. The summed E-state index contributed by atoms with van der Waals surface area (Å²) in [5.74, 6) is -0.318. The van der Waals surface area contributed by atoms with Crippen molar-refractivity contribution in [3.8, 4) is 0 Å². The Morgan fingerprint density at radius 3 is 2.89 bits per heavy atom. The number of hydrogen-bond donors (Lipinski definition) is 2. The molecule has 19 heavy (non-hydrogen) atoms. The van der Waals surface area contributed by atoms with E-state index in [0.717, 1.165) is 24.0 Å². The molecule has 0 spiro atoms. The van der Waals surface area contributed by atoms with E-state index in [9.17, 15) is 9.18 Å². The van der Waals surface area contributed by atoms with Gasteiger partial charge in [0, 0.05) is 17.9 Å². The topological polar surface area (TPSA) is 72.3 Å². The lowest BCUT2D eigenvalue weighted by Gasteiger charge is -2.38. The number of rotatable bonds is 2. The molecular weight excluding hydrogens is 313 g/mol. The van der Waals surface area contributed by atoms with Crippen LogP contribution in [0.2, 0.25) is 0 Å². The number of urea groups is 1. The van der Waals surface area contributed by atoms with Gasteiger partial charge in [0.05, 0.1) is 6.04 Å². The number of amides is 2. The van der Waals surface area contributed by atoms with Gasteiger partial charge in [0.25, 0.3) is 0 Å². The Hall–Kier alpha value is -1.14. The van der Waals surface area contributed by atoms with Gasteiger partial charge in [-0.2, -0.15) is 0 Å². The largest absolute Gasteiger partial charge is 0.351 e. The summed E-state index contributed by atoms with van der Waals surface area (Å²) in [7, 11) is 0. The summed E-state index contributed by atoms with van der Waals surface area (Å²) in [5, 5.41) is 0. The number of benzene rings is 1. The third-order valence-electron chi connectivity index (χ3n) is 3.51. The van der Waals surface area contributed by atoms with Gasteiger partial charge in [-0.05, 0) is 36.1 Å². The zero-order valence-electron chi connectivity index (χ0n) is 10.5. The van der Waals surface area contributed by atoms with Crippen LogP contribution in [0.3, 0.4) is 0 Å². The predicted octanol–water partition coefficient (Wildman–Crippen LogP) is 2.26. The number of hydrogen-bond acceptors (Lipinski definition) is 2. The highest BCUT2D eigenvalue weighted by Crippen LogP contribution is 2.35. The van der Waals surface area contributed by atoms with Crippen LogP contribution in [0.4, 0.5) is 9.18 Å². The number of alkyl halides is 1. The second kappa shape index (κ2) is 5.88. The summed E-state index contributed by atoms with van der Waals surface area (Å²) >= 11 is 3.58. The number of nitrogens with two attached hydrogens (primary N) is 2. The maximum absolute atomic E-state index is 13.3. The third-order valence-corrected chi connectivity index (χ3v) is 4.34. The number of nitrogens with zero attached hydrogens (tertiary/aromatic N) is 1. The lowest BCUT2D eigenvalue weighted by molar-refractivity contribution is 0.162. The van der Waals surface area contributed by atoms with Gasteiger partial charge in [-0.1, -0.05) is 22.0 Å². The molecule has 1 aromatic carbocycles. The molecule has 0 aromatic heterocycles. The number of piperidine rings is 1. The van der Waals surface area contributed by atoms with E-state index in [1.165, 1.54) is 12.1 Å². The van der Waals surface area contributed by atoms with E-state index in [-0.39, 0.29) is 18.4 Å². The quantitative estimate of drug-likeness (QED) is 0.817. The highest BCUT2D eigenvalue weighted by molar-refractivity contribution is 9.09. The fraction of sp³-hybridized carbons (Fsp3) is 0.462. The number of primary amides is 1. The number of halogens is 2. The molecule has 0 aliphatic carbocycles. The van der Waals surface area contributed by atoms with Crippen molar-refractivity contribution in [2.24, 2.45) is 11.5 Å². The van der Waals surface area contributed by atoms with Crippen LogP contribution < -0.4 is 11.5 Å². The Labute approximate surface area is 120 Å². The maximum Gasteiger partial charge on any atom is 0.315 e. The first-order chi connectivity index (χ1) is 9.02. The summed E-state index contributed by atoms with van der Waals surface area (Å²) in [5.41, 5.74) is 12.7. The summed E-state index contributed by atoms with van der Waals surface area (Å²) in [6.45, 7) is 0.834. The first kappa shape index (κ1) is 14.3. The van der Waals surface area contributed by atoms with Crippen molar-refractivity contribution in [2.45, 2.75) is 30.3 Å². The van der Waals surface area contributed by atoms with E-state index in [2.05, 4.69) is 15.9 Å². The molecule has 104 valence electrons. The molecule has 1 aliphatic heterocycles. The van der Waals surface area contributed by atoms with E-state index in [1.54, 1.807) is 11.0 Å². The molecule has 0 bridgehead atoms. The molecule has 1 aliphatic rings. The fourth-order valence-corrected chi connectivity index (χ4v) is 3.12. The number of likely N-dealkylation sites (tertiary alicyclic amines) is 1. The molecule has 4 nitrogen and oxygen atoms in total. The average Bonchev–Trinajstić information content (AvgIpc) is 2.38. The summed E-state index contributed by atoms with van der Waals surface area (Å²) in [4.78, 5) is 13.5. The van der Waals surface area contributed by atoms with Crippen LogP contribution >= 0.6 is 15.9 Å². The summed E-state index contributed by atoms with van der Waals surface area (Å²) in [6, 6.07) is 3.92. The van der Waals surface area contributed by atoms with E-state index in [0.29, 0.717) is 11.4 Å². The number of carbonyl (C=O) groups excluding carboxylic acids is 1. The van der Waals surface area contributed by atoms with Gasteiger partial charge >= 0.3 is 6.03 Å². The SMILES string of the molecule is NCc1cc(F)ccc1C1CC(Br)CCN1C(N)=O. The van der Waals surface area contributed by atoms with Crippen LogP contribution in [-0.4, -0.2) is 22.3 Å². The molecule has 1 fully saturated rings. The smallest absolute Gasteiger partial charge is 0.315 e. The first-order valence-corrected chi connectivity index (χ1v) is 7.13. The highest BCUT2D eigenvalue weighted by Gasteiger charge is 2.31. The maximum atomic E-state index is 13.3. The Bertz CT molecular complexity index is 483. The molecule has 2 rings (SSSR count). The van der Waals surface area contributed by atoms with Crippen LogP contribution in [0.1, 0.15) is 30.0 Å². The molecule has 2 unspecified atom stereocenters. The zero-order valence-corrected chi connectivity index (χ0v) is 12.1. The molecule has 0 radical (unpaired) electrons. The molecule has 0 saturated carbocycles. The van der Waals surface area contributed by atoms with Gasteiger partial charge in [-0.25, -0.2) is 9.18 Å². The van der Waals surface area contributed by atoms with Crippen molar-refractivity contribution in [3.63, 3.8) is 0 Å². The molecule has 1 saturated heterocycles. The second-order valence-corrected chi connectivity index (χ2v) is 6.01. The third kappa shape index (κ3) is 3.06. The van der Waals surface area contributed by atoms with Crippen molar-refractivity contribution < 1.29 is 9.18 Å². The standard InChI is InChI=1S/C13H17BrFN3O/c14-9-3-4-18(13(17)19)12(6-9)11-2-1-10(15)5-8(11)7-16/h1-2,5,9,12H,3-4,6-7,16H2,(H2,17,19). The molecule has 1 heterocycles. The lowest BCUT2D eigenvalue weighted by atomic mass is 9.92. The van der Waals surface area contributed by atoms with Gasteiger partial charge in [0.15, 0.2) is 0 Å². The van der Waals surface area contributed by atoms with Gasteiger partial charge in [0.1, 0.15) is 5.82 Å².